The van der Waals surface area contributed by atoms with Crippen molar-refractivity contribution in [2.75, 3.05) is 44.3 Å². The molecule has 2 fully saturated rings. The first-order valence-electron chi connectivity index (χ1n) is 12.0. The maximum Gasteiger partial charge on any atom is 0.407 e. The summed E-state index contributed by atoms with van der Waals surface area (Å²) in [6, 6.07) is 11.4. The van der Waals surface area contributed by atoms with Crippen molar-refractivity contribution < 1.29 is 19.4 Å². The van der Waals surface area contributed by atoms with E-state index in [2.05, 4.69) is 27.9 Å². The van der Waals surface area contributed by atoms with E-state index in [1.807, 2.05) is 12.1 Å². The van der Waals surface area contributed by atoms with Gasteiger partial charge in [-0.05, 0) is 42.7 Å². The van der Waals surface area contributed by atoms with Crippen molar-refractivity contribution in [3.05, 3.63) is 63.8 Å². The van der Waals surface area contributed by atoms with Crippen LogP contribution >= 0.6 is 0 Å². The SMILES string of the molecule is C#Cc1cc2c(cc1N1CCN(C(=O)O)CC1)C1(CCOCC1)c1[nH]c3cc(C#N)ccc3c1C2=O. The summed E-state index contributed by atoms with van der Waals surface area (Å²) in [5.74, 6) is 2.69. The van der Waals surface area contributed by atoms with Gasteiger partial charge in [-0.1, -0.05) is 12.0 Å². The minimum Gasteiger partial charge on any atom is -0.465 e. The lowest BCUT2D eigenvalue weighted by Gasteiger charge is -2.43. The van der Waals surface area contributed by atoms with E-state index in [1.54, 1.807) is 12.1 Å². The predicted octanol–water partition coefficient (Wildman–Crippen LogP) is 3.46. The molecule has 2 N–H and O–H groups in total. The van der Waals surface area contributed by atoms with Crippen LogP contribution in [0.15, 0.2) is 30.3 Å². The Morgan fingerprint density at radius 3 is 2.56 bits per heavy atom. The third-order valence-electron chi connectivity index (χ3n) is 7.92. The van der Waals surface area contributed by atoms with Crippen LogP contribution in [-0.4, -0.2) is 66.3 Å². The van der Waals surface area contributed by atoms with Gasteiger partial charge in [0.15, 0.2) is 5.78 Å². The van der Waals surface area contributed by atoms with Gasteiger partial charge < -0.3 is 24.6 Å². The fourth-order valence-corrected chi connectivity index (χ4v) is 6.06. The molecular formula is C28H24N4O4. The topological polar surface area (TPSA) is 110 Å². The third-order valence-corrected chi connectivity index (χ3v) is 7.92. The molecule has 0 atom stereocenters. The highest BCUT2D eigenvalue weighted by Gasteiger charge is 2.47. The smallest absolute Gasteiger partial charge is 0.407 e. The van der Waals surface area contributed by atoms with E-state index >= 15 is 0 Å². The Kier molecular flexibility index (Phi) is 5.03. The largest absolute Gasteiger partial charge is 0.465 e. The number of ether oxygens (including phenoxy) is 1. The van der Waals surface area contributed by atoms with Crippen LogP contribution in [0.1, 0.15) is 51.1 Å². The van der Waals surface area contributed by atoms with Gasteiger partial charge in [-0.15, -0.1) is 6.42 Å². The van der Waals surface area contributed by atoms with Crippen molar-refractivity contribution >= 4 is 28.5 Å². The first-order chi connectivity index (χ1) is 17.5. The van der Waals surface area contributed by atoms with Gasteiger partial charge in [0, 0.05) is 72.5 Å². The van der Waals surface area contributed by atoms with E-state index in [1.165, 1.54) is 4.90 Å². The molecule has 2 aromatic carbocycles. The number of amides is 1. The van der Waals surface area contributed by atoms with Crippen LogP contribution in [0, 0.1) is 23.7 Å². The van der Waals surface area contributed by atoms with Gasteiger partial charge in [-0.3, -0.25) is 4.79 Å². The summed E-state index contributed by atoms with van der Waals surface area (Å²) in [5, 5.41) is 19.5. The van der Waals surface area contributed by atoms with Crippen molar-refractivity contribution in [3.8, 4) is 18.4 Å². The molecule has 2 saturated heterocycles. The summed E-state index contributed by atoms with van der Waals surface area (Å²) < 4.78 is 5.74. The normalized spacial score (nSPS) is 18.4. The number of nitriles is 1. The molecule has 3 heterocycles. The number of aromatic amines is 1. The number of hydrogen-bond acceptors (Lipinski definition) is 5. The van der Waals surface area contributed by atoms with Gasteiger partial charge in [-0.25, -0.2) is 4.79 Å². The highest BCUT2D eigenvalue weighted by atomic mass is 16.5. The fourth-order valence-electron chi connectivity index (χ4n) is 6.06. The Bertz CT molecular complexity index is 1510. The zero-order valence-corrected chi connectivity index (χ0v) is 19.6. The summed E-state index contributed by atoms with van der Waals surface area (Å²) >= 11 is 0. The summed E-state index contributed by atoms with van der Waals surface area (Å²) in [5.41, 5.74) is 5.40. The molecule has 1 amide bonds. The molecule has 0 unspecified atom stereocenters. The van der Waals surface area contributed by atoms with Crippen LogP contribution in [0.25, 0.3) is 10.9 Å². The maximum absolute atomic E-state index is 14.0. The zero-order valence-electron chi connectivity index (χ0n) is 19.6. The van der Waals surface area contributed by atoms with Crippen LogP contribution in [-0.2, 0) is 10.2 Å². The van der Waals surface area contributed by atoms with Gasteiger partial charge in [0.1, 0.15) is 0 Å². The number of terminal acetylenes is 1. The number of rotatable bonds is 1. The number of H-pyrrole nitrogens is 1. The number of hydrogen-bond donors (Lipinski definition) is 2. The average molecular weight is 481 g/mol. The van der Waals surface area contributed by atoms with Crippen molar-refractivity contribution in [2.24, 2.45) is 0 Å². The Balaban J connectivity index is 1.54. The highest BCUT2D eigenvalue weighted by molar-refractivity contribution is 6.20. The molecular weight excluding hydrogens is 456 g/mol. The molecule has 0 radical (unpaired) electrons. The fraction of sp³-hybridized carbons (Fsp3) is 0.321. The number of carbonyl (C=O) groups is 2. The summed E-state index contributed by atoms with van der Waals surface area (Å²) in [6.07, 6.45) is 6.42. The Morgan fingerprint density at radius 1 is 1.14 bits per heavy atom. The van der Waals surface area contributed by atoms with E-state index in [-0.39, 0.29) is 5.78 Å². The maximum atomic E-state index is 14.0. The first kappa shape index (κ1) is 22.2. The van der Waals surface area contributed by atoms with Crippen LogP contribution in [0.3, 0.4) is 0 Å². The van der Waals surface area contributed by atoms with Gasteiger partial charge >= 0.3 is 6.09 Å². The number of benzene rings is 2. The number of fused-ring (bicyclic) bond motifs is 6. The molecule has 8 nitrogen and oxygen atoms in total. The number of carbonyl (C=O) groups excluding carboxylic acids is 1. The van der Waals surface area contributed by atoms with Crippen LogP contribution in [0.4, 0.5) is 10.5 Å². The second-order valence-corrected chi connectivity index (χ2v) is 9.59. The first-order valence-corrected chi connectivity index (χ1v) is 12.0. The Morgan fingerprint density at radius 2 is 1.89 bits per heavy atom. The van der Waals surface area contributed by atoms with Crippen molar-refractivity contribution in [1.29, 1.82) is 5.26 Å². The van der Waals surface area contributed by atoms with Crippen LogP contribution < -0.4 is 4.90 Å². The molecule has 1 aliphatic carbocycles. The number of ketones is 1. The average Bonchev–Trinajstić information content (AvgIpc) is 3.31. The number of carboxylic acid groups (broad SMARTS) is 1. The second kappa shape index (κ2) is 8.15. The number of nitrogens with zero attached hydrogens (tertiary/aromatic N) is 3. The lowest BCUT2D eigenvalue weighted by atomic mass is 9.64. The van der Waals surface area contributed by atoms with Crippen molar-refractivity contribution in [1.82, 2.24) is 9.88 Å². The summed E-state index contributed by atoms with van der Waals surface area (Å²) in [4.78, 5) is 32.4. The molecule has 1 spiro atoms. The number of piperazine rings is 1. The lowest BCUT2D eigenvalue weighted by Crippen LogP contribution is -2.48. The molecule has 180 valence electrons. The van der Waals surface area contributed by atoms with E-state index in [0.717, 1.165) is 27.8 Å². The van der Waals surface area contributed by atoms with E-state index < -0.39 is 11.5 Å². The standard InChI is InChI=1S/C28H24N4O4/c1-2-18-14-20-21(15-23(18)31-7-9-32(10-8-31)27(34)35)28(5-11-36-12-6-28)26-24(25(20)33)19-4-3-17(16-29)13-22(19)30-26/h1,3-4,13-15,30H,5-12H2,(H,34,35). The lowest BCUT2D eigenvalue weighted by molar-refractivity contribution is 0.0602. The molecule has 8 heteroatoms. The molecule has 3 aromatic rings. The molecule has 2 aliphatic heterocycles. The van der Waals surface area contributed by atoms with E-state index in [0.29, 0.717) is 74.5 Å². The minimum absolute atomic E-state index is 0.0770. The number of nitrogens with one attached hydrogen (secondary N) is 1. The third kappa shape index (κ3) is 3.12. The Labute approximate surface area is 208 Å². The highest BCUT2D eigenvalue weighted by Crippen LogP contribution is 2.50. The monoisotopic (exact) mass is 480 g/mol. The Hall–Kier alpha value is -4.27. The second-order valence-electron chi connectivity index (χ2n) is 9.59. The molecule has 6 rings (SSSR count). The van der Waals surface area contributed by atoms with Crippen molar-refractivity contribution in [2.45, 2.75) is 18.3 Å². The molecule has 36 heavy (non-hydrogen) atoms. The molecule has 1 aromatic heterocycles. The zero-order chi connectivity index (χ0) is 25.0. The van der Waals surface area contributed by atoms with Crippen LogP contribution in [0.2, 0.25) is 0 Å². The summed E-state index contributed by atoms with van der Waals surface area (Å²) in [7, 11) is 0. The van der Waals surface area contributed by atoms with Gasteiger partial charge in [0.05, 0.1) is 22.9 Å². The van der Waals surface area contributed by atoms with Gasteiger partial charge in [-0.2, -0.15) is 5.26 Å². The molecule has 3 aliphatic rings. The molecule has 0 bridgehead atoms. The predicted molar refractivity (Wildman–Crippen MR) is 133 cm³/mol. The summed E-state index contributed by atoms with van der Waals surface area (Å²) in [6.45, 7) is 2.96. The quantitative estimate of drug-likeness (QED) is 0.516. The van der Waals surface area contributed by atoms with E-state index in [4.69, 9.17) is 11.2 Å². The number of aromatic nitrogens is 1. The van der Waals surface area contributed by atoms with Crippen molar-refractivity contribution in [3.63, 3.8) is 0 Å². The van der Waals surface area contributed by atoms with Gasteiger partial charge in [0.2, 0.25) is 0 Å². The van der Waals surface area contributed by atoms with E-state index in [9.17, 15) is 20.0 Å². The van der Waals surface area contributed by atoms with Crippen LogP contribution in [0.5, 0.6) is 0 Å². The number of anilines is 1. The minimum atomic E-state index is -0.921. The van der Waals surface area contributed by atoms with Gasteiger partial charge in [0.25, 0.3) is 0 Å². The molecule has 0 saturated carbocycles.